The van der Waals surface area contributed by atoms with Crippen LogP contribution in [0.4, 0.5) is 16.6 Å². The number of anilines is 2. The predicted molar refractivity (Wildman–Crippen MR) is 110 cm³/mol. The van der Waals surface area contributed by atoms with Gasteiger partial charge in [0.15, 0.2) is 5.82 Å². The van der Waals surface area contributed by atoms with Crippen LogP contribution in [0.5, 0.6) is 0 Å². The number of ether oxygens (including phenoxy) is 1. The van der Waals surface area contributed by atoms with Crippen LogP contribution in [0.25, 0.3) is 5.65 Å². The third-order valence-corrected chi connectivity index (χ3v) is 6.84. The maximum Gasteiger partial charge on any atom is 0.407 e. The van der Waals surface area contributed by atoms with Crippen LogP contribution in [0.2, 0.25) is 0 Å². The van der Waals surface area contributed by atoms with Gasteiger partial charge in [-0.15, -0.1) is 0 Å². The van der Waals surface area contributed by atoms with E-state index in [0.29, 0.717) is 17.7 Å². The molecule has 3 N–H and O–H groups in total. The van der Waals surface area contributed by atoms with Crippen LogP contribution in [0, 0.1) is 12.8 Å². The Morgan fingerprint density at radius 2 is 2.20 bits per heavy atom. The molecule has 3 heterocycles. The number of H-pyrrole nitrogens is 1. The fourth-order valence-electron chi connectivity index (χ4n) is 5.22. The minimum atomic E-state index is -0.249. The van der Waals surface area contributed by atoms with Gasteiger partial charge in [-0.3, -0.25) is 9.50 Å². The molecule has 9 heteroatoms. The van der Waals surface area contributed by atoms with Gasteiger partial charge in [-0.05, 0) is 57.4 Å². The number of nitrogens with zero attached hydrogens (tertiary/aromatic N) is 4. The van der Waals surface area contributed by atoms with E-state index in [2.05, 4.69) is 30.8 Å². The summed E-state index contributed by atoms with van der Waals surface area (Å²) < 4.78 is 7.60. The number of alkyl carbamates (subject to hydrolysis) is 1. The number of aromatic nitrogens is 5. The number of aromatic amines is 1. The van der Waals surface area contributed by atoms with Crippen LogP contribution in [-0.4, -0.2) is 42.3 Å². The van der Waals surface area contributed by atoms with Crippen molar-refractivity contribution in [2.45, 2.75) is 63.0 Å². The van der Waals surface area contributed by atoms with Gasteiger partial charge < -0.3 is 15.4 Å². The zero-order chi connectivity index (χ0) is 20.3. The number of aryl methyl sites for hydroxylation is 1. The van der Waals surface area contributed by atoms with Crippen molar-refractivity contribution >= 4 is 23.5 Å². The van der Waals surface area contributed by atoms with Crippen LogP contribution >= 0.6 is 0 Å². The van der Waals surface area contributed by atoms with Gasteiger partial charge in [0.2, 0.25) is 5.95 Å². The summed E-state index contributed by atoms with van der Waals surface area (Å²) in [4.78, 5) is 21.1. The molecule has 156 valence electrons. The Labute approximate surface area is 173 Å². The number of amides is 1. The fraction of sp³-hybridized carbons (Fsp3) is 0.524. The van der Waals surface area contributed by atoms with E-state index < -0.39 is 0 Å². The van der Waals surface area contributed by atoms with E-state index in [9.17, 15) is 4.79 Å². The van der Waals surface area contributed by atoms with Gasteiger partial charge in [0.25, 0.3) is 0 Å². The number of hydrogen-bond acceptors (Lipinski definition) is 6. The van der Waals surface area contributed by atoms with E-state index in [0.717, 1.165) is 61.5 Å². The SMILES string of the molecule is Cc1cn2c(Nc3cc(C4CCC(OC(=O)NC56CC(C5)C6)C4)[nH]n3)nccc2n1. The third kappa shape index (κ3) is 3.00. The Balaban J connectivity index is 1.08. The van der Waals surface area contributed by atoms with Crippen LogP contribution in [0.15, 0.2) is 24.5 Å². The van der Waals surface area contributed by atoms with Crippen molar-refractivity contribution in [3.05, 3.63) is 35.9 Å². The average molecular weight is 407 g/mol. The number of fused-ring (bicyclic) bond motifs is 1. The normalized spacial score (nSPS) is 29.3. The van der Waals surface area contributed by atoms with E-state index in [1.807, 2.05) is 29.7 Å². The van der Waals surface area contributed by atoms with Crippen molar-refractivity contribution in [1.82, 2.24) is 29.9 Å². The molecule has 4 saturated carbocycles. The molecule has 4 fully saturated rings. The minimum absolute atomic E-state index is 0.0357. The number of imidazole rings is 1. The van der Waals surface area contributed by atoms with Crippen molar-refractivity contribution in [3.63, 3.8) is 0 Å². The Morgan fingerprint density at radius 1 is 1.33 bits per heavy atom. The highest BCUT2D eigenvalue weighted by molar-refractivity contribution is 5.69. The first-order valence-electron chi connectivity index (χ1n) is 10.7. The topological polar surface area (TPSA) is 109 Å². The zero-order valence-electron chi connectivity index (χ0n) is 16.9. The molecule has 0 spiro atoms. The van der Waals surface area contributed by atoms with Gasteiger partial charge in [-0.2, -0.15) is 5.10 Å². The summed E-state index contributed by atoms with van der Waals surface area (Å²) in [5.41, 5.74) is 2.89. The molecule has 4 aliphatic carbocycles. The maximum absolute atomic E-state index is 12.2. The van der Waals surface area contributed by atoms with Crippen molar-refractivity contribution in [2.24, 2.45) is 5.92 Å². The second-order valence-corrected chi connectivity index (χ2v) is 9.13. The van der Waals surface area contributed by atoms with E-state index in [4.69, 9.17) is 4.74 Å². The highest BCUT2D eigenvalue weighted by Gasteiger charge is 2.57. The monoisotopic (exact) mass is 407 g/mol. The third-order valence-electron chi connectivity index (χ3n) is 6.84. The molecule has 0 aromatic carbocycles. The van der Waals surface area contributed by atoms with Gasteiger partial charge >= 0.3 is 6.09 Å². The lowest BCUT2D eigenvalue weighted by Crippen LogP contribution is -2.68. The number of rotatable bonds is 5. The average Bonchev–Trinajstić information content (AvgIpc) is 3.36. The van der Waals surface area contributed by atoms with Crippen molar-refractivity contribution in [1.29, 1.82) is 0 Å². The lowest BCUT2D eigenvalue weighted by atomic mass is 9.50. The lowest BCUT2D eigenvalue weighted by Gasteiger charge is -2.61. The molecule has 4 aliphatic rings. The summed E-state index contributed by atoms with van der Waals surface area (Å²) in [5.74, 6) is 2.52. The molecule has 7 rings (SSSR count). The second kappa shape index (κ2) is 6.45. The number of carbonyl (C=O) groups is 1. The Hall–Kier alpha value is -3.10. The van der Waals surface area contributed by atoms with E-state index in [1.54, 1.807) is 6.20 Å². The molecule has 3 aromatic rings. The molecule has 3 aromatic heterocycles. The van der Waals surface area contributed by atoms with Crippen molar-refractivity contribution < 1.29 is 9.53 Å². The minimum Gasteiger partial charge on any atom is -0.446 e. The molecule has 0 radical (unpaired) electrons. The molecule has 2 unspecified atom stereocenters. The predicted octanol–water partition coefficient (Wildman–Crippen LogP) is 3.42. The van der Waals surface area contributed by atoms with Crippen LogP contribution in [0.3, 0.4) is 0 Å². The molecule has 30 heavy (non-hydrogen) atoms. The van der Waals surface area contributed by atoms with Gasteiger partial charge in [0, 0.05) is 35.6 Å². The summed E-state index contributed by atoms with van der Waals surface area (Å²) in [6, 6.07) is 3.89. The van der Waals surface area contributed by atoms with E-state index in [1.165, 1.54) is 0 Å². The zero-order valence-corrected chi connectivity index (χ0v) is 16.9. The highest BCUT2D eigenvalue weighted by atomic mass is 16.6. The first-order valence-corrected chi connectivity index (χ1v) is 10.7. The Bertz CT molecular complexity index is 1100. The van der Waals surface area contributed by atoms with Crippen LogP contribution in [-0.2, 0) is 4.74 Å². The number of hydrogen-bond donors (Lipinski definition) is 3. The van der Waals surface area contributed by atoms with E-state index >= 15 is 0 Å². The van der Waals surface area contributed by atoms with Crippen LogP contribution < -0.4 is 10.6 Å². The van der Waals surface area contributed by atoms with Gasteiger partial charge in [-0.25, -0.2) is 14.8 Å². The largest absolute Gasteiger partial charge is 0.446 e. The standard InChI is InChI=1S/C21H25N7O2/c1-12-11-28-18(23-12)4-5-22-19(28)24-17-7-16(26-27-17)14-2-3-15(6-14)30-20(29)25-21-8-13(9-21)10-21/h4-5,7,11,13-15H,2-3,6,8-10H2,1H3,(H,25,29)(H2,22,24,26,27). The molecule has 0 aliphatic heterocycles. The molecule has 2 atom stereocenters. The number of carbonyl (C=O) groups excluding carboxylic acids is 1. The first-order chi connectivity index (χ1) is 14.6. The molecule has 1 amide bonds. The highest BCUT2D eigenvalue weighted by Crippen LogP contribution is 2.57. The quantitative estimate of drug-likeness (QED) is 0.598. The van der Waals surface area contributed by atoms with Crippen molar-refractivity contribution in [3.8, 4) is 0 Å². The smallest absolute Gasteiger partial charge is 0.407 e. The summed E-state index contributed by atoms with van der Waals surface area (Å²) >= 11 is 0. The molecule has 2 bridgehead atoms. The first kappa shape index (κ1) is 17.7. The molecule has 9 nitrogen and oxygen atoms in total. The summed E-state index contributed by atoms with van der Waals surface area (Å²) in [6.45, 7) is 1.96. The molecule has 0 saturated heterocycles. The second-order valence-electron chi connectivity index (χ2n) is 9.13. The van der Waals surface area contributed by atoms with Crippen molar-refractivity contribution in [2.75, 3.05) is 5.32 Å². The summed E-state index contributed by atoms with van der Waals surface area (Å²) in [6.07, 6.45) is 9.43. The fourth-order valence-corrected chi connectivity index (χ4v) is 5.22. The Morgan fingerprint density at radius 3 is 3.00 bits per heavy atom. The van der Waals surface area contributed by atoms with Gasteiger partial charge in [0.05, 0.1) is 5.69 Å². The number of nitrogens with one attached hydrogen (secondary N) is 3. The summed E-state index contributed by atoms with van der Waals surface area (Å²) in [7, 11) is 0. The Kier molecular flexibility index (Phi) is 3.81. The summed E-state index contributed by atoms with van der Waals surface area (Å²) in [5, 5.41) is 13.9. The maximum atomic E-state index is 12.2. The van der Waals surface area contributed by atoms with Crippen LogP contribution in [0.1, 0.15) is 55.8 Å². The molecular weight excluding hydrogens is 382 g/mol. The van der Waals surface area contributed by atoms with Gasteiger partial charge in [-0.1, -0.05) is 0 Å². The molecular formula is C21H25N7O2. The lowest BCUT2D eigenvalue weighted by molar-refractivity contribution is -0.0506. The van der Waals surface area contributed by atoms with Gasteiger partial charge in [0.1, 0.15) is 11.8 Å². The van der Waals surface area contributed by atoms with E-state index in [-0.39, 0.29) is 17.7 Å².